The molecular formula is C14H19F2NO2. The molecule has 1 aliphatic rings. The first-order valence-electron chi connectivity index (χ1n) is 6.34. The van der Waals surface area contributed by atoms with Crippen molar-refractivity contribution in [1.29, 1.82) is 0 Å². The molecule has 0 amide bonds. The van der Waals surface area contributed by atoms with Crippen molar-refractivity contribution in [3.8, 4) is 5.75 Å². The highest BCUT2D eigenvalue weighted by Gasteiger charge is 2.33. The van der Waals surface area contributed by atoms with Crippen LogP contribution in [-0.4, -0.2) is 26.4 Å². The van der Waals surface area contributed by atoms with Crippen molar-refractivity contribution in [3.63, 3.8) is 0 Å². The van der Waals surface area contributed by atoms with Crippen molar-refractivity contribution in [2.75, 3.05) is 19.8 Å². The van der Waals surface area contributed by atoms with Gasteiger partial charge in [0.15, 0.2) is 0 Å². The Hall–Kier alpha value is -1.20. The van der Waals surface area contributed by atoms with Crippen molar-refractivity contribution in [1.82, 2.24) is 5.32 Å². The molecule has 0 spiro atoms. The summed E-state index contributed by atoms with van der Waals surface area (Å²) in [6, 6.07) is 6.89. The quantitative estimate of drug-likeness (QED) is 0.863. The molecule has 1 unspecified atom stereocenters. The highest BCUT2D eigenvalue weighted by Crippen LogP contribution is 2.26. The average molecular weight is 271 g/mol. The smallest absolute Gasteiger partial charge is 0.387 e. The van der Waals surface area contributed by atoms with Gasteiger partial charge in [-0.05, 0) is 24.6 Å². The maximum absolute atomic E-state index is 12.0. The van der Waals surface area contributed by atoms with Crippen LogP contribution in [0, 0.1) is 5.41 Å². The molecule has 3 nitrogen and oxygen atoms in total. The molecule has 0 aliphatic carbocycles. The van der Waals surface area contributed by atoms with E-state index in [1.165, 1.54) is 0 Å². The van der Waals surface area contributed by atoms with Crippen LogP contribution in [0.3, 0.4) is 0 Å². The van der Waals surface area contributed by atoms with Crippen molar-refractivity contribution in [3.05, 3.63) is 29.8 Å². The SMILES string of the molecule is CC(NCC1(C)COC1)c1ccc(OC(F)F)cc1. The van der Waals surface area contributed by atoms with Crippen molar-refractivity contribution in [2.24, 2.45) is 5.41 Å². The molecule has 0 aromatic heterocycles. The Bertz CT molecular complexity index is 404. The Kier molecular flexibility index (Phi) is 4.37. The number of benzene rings is 1. The second-order valence-corrected chi connectivity index (χ2v) is 5.35. The number of alkyl halides is 2. The Balaban J connectivity index is 1.86. The van der Waals surface area contributed by atoms with Crippen molar-refractivity contribution < 1.29 is 18.3 Å². The molecule has 0 radical (unpaired) electrons. The van der Waals surface area contributed by atoms with Crippen LogP contribution in [0.4, 0.5) is 8.78 Å². The predicted molar refractivity (Wildman–Crippen MR) is 68.4 cm³/mol. The number of nitrogens with one attached hydrogen (secondary N) is 1. The molecule has 0 saturated carbocycles. The molecule has 1 atom stereocenters. The molecule has 106 valence electrons. The molecule has 1 aromatic carbocycles. The largest absolute Gasteiger partial charge is 0.435 e. The van der Waals surface area contributed by atoms with Crippen molar-refractivity contribution >= 4 is 0 Å². The fourth-order valence-corrected chi connectivity index (χ4v) is 2.01. The zero-order valence-corrected chi connectivity index (χ0v) is 11.2. The van der Waals surface area contributed by atoms with E-state index in [2.05, 4.69) is 17.0 Å². The molecule has 1 saturated heterocycles. The second kappa shape index (κ2) is 5.84. The maximum Gasteiger partial charge on any atom is 0.387 e. The van der Waals surface area contributed by atoms with Crippen LogP contribution in [-0.2, 0) is 4.74 Å². The van der Waals surface area contributed by atoms with E-state index >= 15 is 0 Å². The lowest BCUT2D eigenvalue weighted by Gasteiger charge is -2.39. The lowest BCUT2D eigenvalue weighted by molar-refractivity contribution is -0.0999. The van der Waals surface area contributed by atoms with Crippen LogP contribution in [0.15, 0.2) is 24.3 Å². The van der Waals surface area contributed by atoms with Crippen LogP contribution in [0.2, 0.25) is 0 Å². The summed E-state index contributed by atoms with van der Waals surface area (Å²) in [5.41, 5.74) is 1.26. The highest BCUT2D eigenvalue weighted by molar-refractivity contribution is 5.29. The summed E-state index contributed by atoms with van der Waals surface area (Å²) in [5, 5.41) is 3.43. The first-order chi connectivity index (χ1) is 8.98. The summed E-state index contributed by atoms with van der Waals surface area (Å²) in [5.74, 6) is 0.185. The Morgan fingerprint density at radius 2 is 1.95 bits per heavy atom. The molecule has 1 fully saturated rings. The van der Waals surface area contributed by atoms with E-state index < -0.39 is 6.61 Å². The fraction of sp³-hybridized carbons (Fsp3) is 0.571. The van der Waals surface area contributed by atoms with E-state index in [4.69, 9.17) is 4.74 Å². The van der Waals surface area contributed by atoms with Gasteiger partial charge in [0, 0.05) is 18.0 Å². The van der Waals surface area contributed by atoms with Gasteiger partial charge in [-0.1, -0.05) is 19.1 Å². The Morgan fingerprint density at radius 3 is 2.42 bits per heavy atom. The van der Waals surface area contributed by atoms with E-state index in [0.29, 0.717) is 0 Å². The number of hydrogen-bond acceptors (Lipinski definition) is 3. The molecule has 19 heavy (non-hydrogen) atoms. The fourth-order valence-electron chi connectivity index (χ4n) is 2.01. The average Bonchev–Trinajstić information content (AvgIpc) is 2.34. The monoisotopic (exact) mass is 271 g/mol. The molecule has 2 rings (SSSR count). The van der Waals surface area contributed by atoms with Gasteiger partial charge in [0.2, 0.25) is 0 Å². The third kappa shape index (κ3) is 3.88. The van der Waals surface area contributed by atoms with Gasteiger partial charge in [-0.15, -0.1) is 0 Å². The van der Waals surface area contributed by atoms with E-state index in [1.807, 2.05) is 6.92 Å². The standard InChI is InChI=1S/C14H19F2NO2/c1-10(17-7-14(2)8-18-9-14)11-3-5-12(6-4-11)19-13(15)16/h3-6,10,13,17H,7-9H2,1-2H3. The minimum atomic E-state index is -2.78. The molecule has 1 aliphatic heterocycles. The molecular weight excluding hydrogens is 252 g/mol. The lowest BCUT2D eigenvalue weighted by atomic mass is 9.88. The van der Waals surface area contributed by atoms with Gasteiger partial charge < -0.3 is 14.8 Å². The third-order valence-electron chi connectivity index (χ3n) is 3.34. The van der Waals surface area contributed by atoms with E-state index in [-0.39, 0.29) is 17.2 Å². The Morgan fingerprint density at radius 1 is 1.32 bits per heavy atom. The van der Waals surface area contributed by atoms with E-state index in [1.54, 1.807) is 24.3 Å². The van der Waals surface area contributed by atoms with Crippen LogP contribution in [0.25, 0.3) is 0 Å². The lowest BCUT2D eigenvalue weighted by Crippen LogP contribution is -2.47. The van der Waals surface area contributed by atoms with Crippen LogP contribution in [0.5, 0.6) is 5.75 Å². The van der Waals surface area contributed by atoms with Crippen LogP contribution in [0.1, 0.15) is 25.5 Å². The van der Waals surface area contributed by atoms with Crippen LogP contribution < -0.4 is 10.1 Å². The Labute approximate surface area is 111 Å². The van der Waals surface area contributed by atoms with Gasteiger partial charge in [-0.25, -0.2) is 0 Å². The predicted octanol–water partition coefficient (Wildman–Crippen LogP) is 2.98. The van der Waals surface area contributed by atoms with Crippen LogP contribution >= 0.6 is 0 Å². The van der Waals surface area contributed by atoms with Crippen molar-refractivity contribution in [2.45, 2.75) is 26.5 Å². The zero-order valence-electron chi connectivity index (χ0n) is 11.2. The van der Waals surface area contributed by atoms with Gasteiger partial charge in [-0.2, -0.15) is 8.78 Å². The molecule has 5 heteroatoms. The maximum atomic E-state index is 12.0. The second-order valence-electron chi connectivity index (χ2n) is 5.35. The minimum Gasteiger partial charge on any atom is -0.435 e. The third-order valence-corrected chi connectivity index (χ3v) is 3.34. The summed E-state index contributed by atoms with van der Waals surface area (Å²) < 4.78 is 33.6. The van der Waals surface area contributed by atoms with Gasteiger partial charge in [0.1, 0.15) is 5.75 Å². The molecule has 1 N–H and O–H groups in total. The van der Waals surface area contributed by atoms with Gasteiger partial charge in [0.25, 0.3) is 0 Å². The summed E-state index contributed by atoms with van der Waals surface area (Å²) in [4.78, 5) is 0. The van der Waals surface area contributed by atoms with Gasteiger partial charge >= 0.3 is 6.61 Å². The van der Waals surface area contributed by atoms with E-state index in [0.717, 1.165) is 25.3 Å². The first kappa shape index (κ1) is 14.2. The molecule has 1 aromatic rings. The number of hydrogen-bond donors (Lipinski definition) is 1. The number of rotatable bonds is 6. The summed E-state index contributed by atoms with van der Waals surface area (Å²) in [6.07, 6.45) is 0. The summed E-state index contributed by atoms with van der Waals surface area (Å²) in [7, 11) is 0. The van der Waals surface area contributed by atoms with E-state index in [9.17, 15) is 8.78 Å². The minimum absolute atomic E-state index is 0.165. The topological polar surface area (TPSA) is 30.5 Å². The molecule has 0 bridgehead atoms. The van der Waals surface area contributed by atoms with Gasteiger partial charge in [0.05, 0.1) is 13.2 Å². The number of halogens is 2. The van der Waals surface area contributed by atoms with Gasteiger partial charge in [-0.3, -0.25) is 0 Å². The number of ether oxygens (including phenoxy) is 2. The zero-order chi connectivity index (χ0) is 13.9. The molecule has 1 heterocycles. The summed E-state index contributed by atoms with van der Waals surface area (Å²) >= 11 is 0. The normalized spacial score (nSPS) is 19.0. The summed E-state index contributed by atoms with van der Waals surface area (Å²) in [6.45, 7) is 3.90. The first-order valence-corrected chi connectivity index (χ1v) is 6.34. The highest BCUT2D eigenvalue weighted by atomic mass is 19.3.